The van der Waals surface area contributed by atoms with Gasteiger partial charge in [0.15, 0.2) is 11.5 Å². The smallest absolute Gasteiger partial charge is 0.387 e. The number of rotatable bonds is 13. The lowest BCUT2D eigenvalue weighted by atomic mass is 9.86. The van der Waals surface area contributed by atoms with Crippen molar-refractivity contribution in [1.29, 1.82) is 0 Å². The monoisotopic (exact) mass is 946 g/mol. The molecule has 0 bridgehead atoms. The Morgan fingerprint density at radius 2 is 1.56 bits per heavy atom. The summed E-state index contributed by atoms with van der Waals surface area (Å²) in [7, 11) is -3.39. The SMILES string of the molecule is C[C@@]1(O)CCC[C@H]1n1c(=O)c(OC(F)F)cc2c(C3CC[C@@H](n4c(=O)c(OCC(F)F)cc5cnc(NC6CCN(S(C)(=O)=O)CC6)nc54)[C@]3(C)O)nc(NC3CCn4cnnc4C3)nc21. The average molecular weight is 947 g/mol. The number of nitrogens with one attached hydrogen (secondary N) is 2. The minimum atomic E-state index is -3.40. The first-order valence-electron chi connectivity index (χ1n) is 21.8. The first-order chi connectivity index (χ1) is 31.3. The molecule has 0 spiro atoms. The summed E-state index contributed by atoms with van der Waals surface area (Å²) < 4.78 is 95.0. The normalized spacial score (nSPS) is 26.4. The van der Waals surface area contributed by atoms with Crippen LogP contribution in [0.15, 0.2) is 34.2 Å². The van der Waals surface area contributed by atoms with E-state index in [1.165, 1.54) is 32.6 Å². The van der Waals surface area contributed by atoms with E-state index in [0.717, 1.165) is 12.3 Å². The Morgan fingerprint density at radius 1 is 0.864 bits per heavy atom. The van der Waals surface area contributed by atoms with E-state index in [0.29, 0.717) is 57.3 Å². The zero-order chi connectivity index (χ0) is 46.9. The van der Waals surface area contributed by atoms with Crippen LogP contribution in [0.5, 0.6) is 11.5 Å². The number of aromatic nitrogens is 9. The van der Waals surface area contributed by atoms with Gasteiger partial charge in [-0.05, 0) is 77.3 Å². The Labute approximate surface area is 374 Å². The third kappa shape index (κ3) is 8.64. The van der Waals surface area contributed by atoms with E-state index in [1.54, 1.807) is 13.3 Å². The molecule has 25 heteroatoms. The van der Waals surface area contributed by atoms with Gasteiger partial charge in [0.1, 0.15) is 30.1 Å². The van der Waals surface area contributed by atoms with Gasteiger partial charge in [-0.1, -0.05) is 0 Å². The zero-order valence-corrected chi connectivity index (χ0v) is 37.1. The predicted molar refractivity (Wildman–Crippen MR) is 230 cm³/mol. The number of piperidine rings is 1. The van der Waals surface area contributed by atoms with E-state index in [-0.39, 0.29) is 77.7 Å². The molecule has 20 nitrogen and oxygen atoms in total. The quantitative estimate of drug-likeness (QED) is 0.124. The Morgan fingerprint density at radius 3 is 2.26 bits per heavy atom. The first-order valence-corrected chi connectivity index (χ1v) is 23.7. The van der Waals surface area contributed by atoms with Gasteiger partial charge in [0.2, 0.25) is 21.9 Å². The fourth-order valence-corrected chi connectivity index (χ4v) is 11.1. The molecule has 5 aromatic heterocycles. The van der Waals surface area contributed by atoms with Crippen LogP contribution >= 0.6 is 0 Å². The molecule has 0 aromatic carbocycles. The molecule has 4 N–H and O–H groups in total. The summed E-state index contributed by atoms with van der Waals surface area (Å²) in [6, 6.07) is -0.198. The molecule has 356 valence electrons. The maximum Gasteiger partial charge on any atom is 0.387 e. The van der Waals surface area contributed by atoms with Crippen molar-refractivity contribution in [2.45, 2.75) is 133 Å². The molecule has 0 radical (unpaired) electrons. The number of ether oxygens (including phenoxy) is 2. The lowest BCUT2D eigenvalue weighted by Crippen LogP contribution is -2.42. The van der Waals surface area contributed by atoms with Crippen LogP contribution in [0.1, 0.15) is 94.7 Å². The molecule has 5 aromatic rings. The van der Waals surface area contributed by atoms with Gasteiger partial charge in [-0.25, -0.2) is 31.5 Å². The maximum atomic E-state index is 14.5. The molecule has 0 amide bonds. The molecule has 66 heavy (non-hydrogen) atoms. The van der Waals surface area contributed by atoms with E-state index >= 15 is 0 Å². The second-order valence-electron chi connectivity index (χ2n) is 18.1. The second-order valence-corrected chi connectivity index (χ2v) is 20.1. The number of nitrogens with zero attached hydrogens (tertiary/aromatic N) is 10. The fourth-order valence-electron chi connectivity index (χ4n) is 10.3. The van der Waals surface area contributed by atoms with Crippen molar-refractivity contribution in [2.75, 3.05) is 36.6 Å². The lowest BCUT2D eigenvalue weighted by molar-refractivity contribution is -0.0514. The van der Waals surface area contributed by atoms with E-state index in [9.17, 15) is 45.8 Å². The molecule has 2 saturated carbocycles. The fraction of sp³-hybridized carbons (Fsp3) is 0.610. The van der Waals surface area contributed by atoms with Crippen molar-refractivity contribution in [1.82, 2.24) is 48.1 Å². The van der Waals surface area contributed by atoms with E-state index in [2.05, 4.69) is 25.8 Å². The number of sulfonamides is 1. The summed E-state index contributed by atoms with van der Waals surface area (Å²) in [6.45, 7) is -0.367. The molecule has 2 unspecified atom stereocenters. The topological polar surface area (TPSA) is 247 Å². The molecule has 1 saturated heterocycles. The van der Waals surface area contributed by atoms with Crippen LogP contribution < -0.4 is 31.2 Å². The number of anilines is 2. The highest BCUT2D eigenvalue weighted by molar-refractivity contribution is 7.88. The minimum absolute atomic E-state index is 0.00430. The number of halogens is 4. The number of hydrogen-bond donors (Lipinski definition) is 4. The zero-order valence-electron chi connectivity index (χ0n) is 36.3. The standard InChI is InChI=1S/C41H50F4N12O8S/c1-40(60)11-4-5-28(40)56-34-24(17-27(36(56)59)65-37(44)45)32(50-39(52-34)49-23-8-12-54-20-47-53-31(54)16-23)25-6-7-29(41(25,2)61)57-33-21(15-26(35(57)58)64-19-30(42)43)18-46-38(51-33)48-22-9-13-55(14-10-22)66(3,62)63/h15,17-18,20,22-23,25,28-30,37,60-61H,4-14,16,19H2,1-3H3,(H,46,48,51)(H,49,50,52)/t23?,25?,28-,29-,40-,41-/m1/s1. The number of alkyl halides is 4. The van der Waals surface area contributed by atoms with Gasteiger partial charge >= 0.3 is 6.61 Å². The van der Waals surface area contributed by atoms with Gasteiger partial charge in [-0.15, -0.1) is 10.2 Å². The van der Waals surface area contributed by atoms with Crippen LogP contribution in [-0.4, -0.2) is 129 Å². The maximum absolute atomic E-state index is 14.5. The summed E-state index contributed by atoms with van der Waals surface area (Å²) in [4.78, 5) is 47.5. The van der Waals surface area contributed by atoms with Gasteiger partial charge in [0.25, 0.3) is 17.5 Å². The Hall–Kier alpha value is -5.53. The van der Waals surface area contributed by atoms with E-state index in [1.807, 2.05) is 4.57 Å². The molecular weight excluding hydrogens is 897 g/mol. The number of pyridine rings is 2. The van der Waals surface area contributed by atoms with Gasteiger partial charge in [0.05, 0.1) is 35.2 Å². The summed E-state index contributed by atoms with van der Waals surface area (Å²) in [5, 5.41) is 39.6. The Bertz CT molecular complexity index is 2890. The summed E-state index contributed by atoms with van der Waals surface area (Å²) in [5.74, 6) is -1.33. The van der Waals surface area contributed by atoms with Crippen LogP contribution in [0.2, 0.25) is 0 Å². The highest BCUT2D eigenvalue weighted by Crippen LogP contribution is 2.51. The van der Waals surface area contributed by atoms with Crippen molar-refractivity contribution in [2.24, 2.45) is 0 Å². The molecular formula is C41H50F4N12O8S. The van der Waals surface area contributed by atoms with Gasteiger partial charge in [0, 0.05) is 61.0 Å². The molecule has 2 aliphatic carbocycles. The summed E-state index contributed by atoms with van der Waals surface area (Å²) in [5.41, 5.74) is -5.06. The third-order valence-corrected chi connectivity index (χ3v) is 14.9. The Balaban J connectivity index is 1.17. The van der Waals surface area contributed by atoms with Crippen molar-refractivity contribution in [3.8, 4) is 11.5 Å². The number of hydrogen-bond acceptors (Lipinski definition) is 16. The van der Waals surface area contributed by atoms with Crippen LogP contribution in [0.25, 0.3) is 22.1 Å². The Kier molecular flexibility index (Phi) is 11.9. The molecule has 3 fully saturated rings. The minimum Gasteiger partial charge on any atom is -0.482 e. The summed E-state index contributed by atoms with van der Waals surface area (Å²) >= 11 is 0. The van der Waals surface area contributed by atoms with E-state index in [4.69, 9.17) is 24.4 Å². The molecule has 2 aliphatic heterocycles. The predicted octanol–water partition coefficient (Wildman–Crippen LogP) is 3.34. The molecule has 9 rings (SSSR count). The van der Waals surface area contributed by atoms with Crippen molar-refractivity contribution >= 4 is 44.0 Å². The molecule has 6 atom stereocenters. The van der Waals surface area contributed by atoms with Gasteiger partial charge in [-0.2, -0.15) is 18.7 Å². The third-order valence-electron chi connectivity index (χ3n) is 13.6. The molecule has 4 aliphatic rings. The van der Waals surface area contributed by atoms with Crippen LogP contribution in [0.4, 0.5) is 29.5 Å². The first kappa shape index (κ1) is 45.6. The van der Waals surface area contributed by atoms with Gasteiger partial charge in [-0.3, -0.25) is 18.7 Å². The highest BCUT2D eigenvalue weighted by atomic mass is 32.2. The number of fused-ring (bicyclic) bond motifs is 3. The van der Waals surface area contributed by atoms with Crippen LogP contribution in [0.3, 0.4) is 0 Å². The highest BCUT2D eigenvalue weighted by Gasteiger charge is 2.50. The molecule has 7 heterocycles. The van der Waals surface area contributed by atoms with Crippen LogP contribution in [-0.2, 0) is 23.0 Å². The average Bonchev–Trinajstić information content (AvgIpc) is 3.95. The number of aryl methyl sites for hydroxylation is 1. The van der Waals surface area contributed by atoms with Crippen molar-refractivity contribution < 1.29 is 45.7 Å². The lowest BCUT2D eigenvalue weighted by Gasteiger charge is -2.34. The summed E-state index contributed by atoms with van der Waals surface area (Å²) in [6.07, 6.45) is 4.46. The van der Waals surface area contributed by atoms with Gasteiger partial charge < -0.3 is 34.9 Å². The second kappa shape index (κ2) is 17.3. The van der Waals surface area contributed by atoms with E-state index < -0.39 is 81.5 Å². The van der Waals surface area contributed by atoms with Crippen molar-refractivity contribution in [3.63, 3.8) is 0 Å². The number of aliphatic hydroxyl groups is 2. The van der Waals surface area contributed by atoms with Crippen LogP contribution in [0, 0.1) is 0 Å². The largest absolute Gasteiger partial charge is 0.482 e. The van der Waals surface area contributed by atoms with Crippen molar-refractivity contribution in [3.05, 3.63) is 56.9 Å².